The number of hydrogen-bond acceptors (Lipinski definition) is 3. The van der Waals surface area contributed by atoms with Crippen LogP contribution in [0.2, 0.25) is 0 Å². The number of rotatable bonds is 3. The fourth-order valence-corrected chi connectivity index (χ4v) is 2.06. The van der Waals surface area contributed by atoms with E-state index in [0.717, 1.165) is 23.2 Å². The molecule has 1 aromatic carbocycles. The van der Waals surface area contributed by atoms with Crippen LogP contribution in [0, 0.1) is 6.92 Å². The molecule has 0 atom stereocenters. The second kappa shape index (κ2) is 5.09. The van der Waals surface area contributed by atoms with Gasteiger partial charge in [0.2, 0.25) is 0 Å². The molecule has 20 heavy (non-hydrogen) atoms. The molecular formula is C16H13N3O. The lowest BCUT2D eigenvalue weighted by atomic mass is 10.2. The van der Waals surface area contributed by atoms with E-state index in [1.54, 1.807) is 23.1 Å². The Hall–Kier alpha value is -2.75. The standard InChI is InChI=1S/C16H13N3O/c1-12-4-6-15(7-5-12)19-16(9-14(11-20)18-19)13-3-2-8-17-10-13/h2-11H,1H3. The van der Waals surface area contributed by atoms with Gasteiger partial charge >= 0.3 is 0 Å². The summed E-state index contributed by atoms with van der Waals surface area (Å²) in [7, 11) is 0. The van der Waals surface area contributed by atoms with E-state index >= 15 is 0 Å². The second-order valence-corrected chi connectivity index (χ2v) is 4.56. The molecule has 98 valence electrons. The van der Waals surface area contributed by atoms with Crippen LogP contribution in [0.1, 0.15) is 16.1 Å². The van der Waals surface area contributed by atoms with Crippen LogP contribution in [-0.4, -0.2) is 21.1 Å². The lowest BCUT2D eigenvalue weighted by molar-refractivity contribution is 0.111. The van der Waals surface area contributed by atoms with Crippen LogP contribution in [0.4, 0.5) is 0 Å². The van der Waals surface area contributed by atoms with Crippen molar-refractivity contribution in [2.45, 2.75) is 6.92 Å². The molecule has 0 unspecified atom stereocenters. The highest BCUT2D eigenvalue weighted by Crippen LogP contribution is 2.23. The van der Waals surface area contributed by atoms with Crippen molar-refractivity contribution in [1.29, 1.82) is 0 Å². The van der Waals surface area contributed by atoms with Crippen LogP contribution in [0.5, 0.6) is 0 Å². The Morgan fingerprint density at radius 2 is 1.95 bits per heavy atom. The van der Waals surface area contributed by atoms with Gasteiger partial charge in [-0.05, 0) is 37.3 Å². The van der Waals surface area contributed by atoms with Crippen LogP contribution in [0.3, 0.4) is 0 Å². The van der Waals surface area contributed by atoms with E-state index in [9.17, 15) is 4.79 Å². The van der Waals surface area contributed by atoms with Crippen molar-refractivity contribution in [3.05, 3.63) is 66.1 Å². The molecule has 3 aromatic rings. The maximum atomic E-state index is 11.0. The normalized spacial score (nSPS) is 10.4. The highest BCUT2D eigenvalue weighted by molar-refractivity contribution is 5.76. The molecule has 0 radical (unpaired) electrons. The van der Waals surface area contributed by atoms with E-state index in [4.69, 9.17) is 0 Å². The predicted octanol–water partition coefficient (Wildman–Crippen LogP) is 3.06. The number of carbonyl (C=O) groups excluding carboxylic acids is 1. The largest absolute Gasteiger partial charge is 0.296 e. The van der Waals surface area contributed by atoms with Crippen LogP contribution < -0.4 is 0 Å². The molecule has 2 heterocycles. The summed E-state index contributed by atoms with van der Waals surface area (Å²) in [5.41, 5.74) is 4.28. The van der Waals surface area contributed by atoms with Gasteiger partial charge in [-0.2, -0.15) is 5.10 Å². The van der Waals surface area contributed by atoms with E-state index in [-0.39, 0.29) is 0 Å². The molecule has 0 saturated heterocycles. The summed E-state index contributed by atoms with van der Waals surface area (Å²) in [6, 6.07) is 13.6. The summed E-state index contributed by atoms with van der Waals surface area (Å²) in [6.45, 7) is 2.03. The highest BCUT2D eigenvalue weighted by atomic mass is 16.1. The number of aldehydes is 1. The monoisotopic (exact) mass is 263 g/mol. The SMILES string of the molecule is Cc1ccc(-n2nc(C=O)cc2-c2cccnc2)cc1. The zero-order valence-electron chi connectivity index (χ0n) is 11.0. The molecule has 0 fully saturated rings. The van der Waals surface area contributed by atoms with E-state index in [1.807, 2.05) is 43.3 Å². The fourth-order valence-electron chi connectivity index (χ4n) is 2.06. The summed E-state index contributed by atoms with van der Waals surface area (Å²) in [4.78, 5) is 15.1. The third-order valence-corrected chi connectivity index (χ3v) is 3.08. The lowest BCUT2D eigenvalue weighted by Gasteiger charge is -2.07. The summed E-state index contributed by atoms with van der Waals surface area (Å²) in [6.07, 6.45) is 4.23. The van der Waals surface area contributed by atoms with Gasteiger partial charge in [-0.25, -0.2) is 4.68 Å². The highest BCUT2D eigenvalue weighted by Gasteiger charge is 2.11. The number of aromatic nitrogens is 3. The number of nitrogens with zero attached hydrogens (tertiary/aromatic N) is 3. The number of pyridine rings is 1. The van der Waals surface area contributed by atoms with Gasteiger partial charge in [-0.3, -0.25) is 9.78 Å². The summed E-state index contributed by atoms with van der Waals surface area (Å²) >= 11 is 0. The van der Waals surface area contributed by atoms with Gasteiger partial charge in [-0.1, -0.05) is 17.7 Å². The second-order valence-electron chi connectivity index (χ2n) is 4.56. The van der Waals surface area contributed by atoms with Crippen LogP contribution in [0.25, 0.3) is 16.9 Å². The van der Waals surface area contributed by atoms with Gasteiger partial charge in [-0.15, -0.1) is 0 Å². The molecule has 0 aliphatic carbocycles. The average molecular weight is 263 g/mol. The summed E-state index contributed by atoms with van der Waals surface area (Å²) in [5.74, 6) is 0. The van der Waals surface area contributed by atoms with E-state index < -0.39 is 0 Å². The van der Waals surface area contributed by atoms with Crippen molar-refractivity contribution in [3.63, 3.8) is 0 Å². The number of benzene rings is 1. The molecule has 4 heteroatoms. The van der Waals surface area contributed by atoms with E-state index in [2.05, 4.69) is 10.1 Å². The van der Waals surface area contributed by atoms with Crippen molar-refractivity contribution >= 4 is 6.29 Å². The molecule has 0 N–H and O–H groups in total. The van der Waals surface area contributed by atoms with Crippen LogP contribution in [-0.2, 0) is 0 Å². The molecule has 0 saturated carbocycles. The minimum atomic E-state index is 0.407. The first-order chi connectivity index (χ1) is 9.78. The third kappa shape index (κ3) is 2.23. The molecule has 0 amide bonds. The average Bonchev–Trinajstić information content (AvgIpc) is 2.93. The Balaban J connectivity index is 2.17. The Bertz CT molecular complexity index is 730. The number of aryl methyl sites for hydroxylation is 1. The van der Waals surface area contributed by atoms with Crippen molar-refractivity contribution in [2.24, 2.45) is 0 Å². The van der Waals surface area contributed by atoms with Gasteiger partial charge in [0, 0.05) is 18.0 Å². The van der Waals surface area contributed by atoms with Crippen LogP contribution in [0.15, 0.2) is 54.9 Å². The van der Waals surface area contributed by atoms with Crippen molar-refractivity contribution in [3.8, 4) is 16.9 Å². The molecule has 0 aliphatic heterocycles. The van der Waals surface area contributed by atoms with Gasteiger partial charge in [0.1, 0.15) is 5.69 Å². The maximum Gasteiger partial charge on any atom is 0.170 e. The number of carbonyl (C=O) groups is 1. The van der Waals surface area contributed by atoms with Crippen molar-refractivity contribution in [2.75, 3.05) is 0 Å². The van der Waals surface area contributed by atoms with Gasteiger partial charge in [0.05, 0.1) is 11.4 Å². The minimum Gasteiger partial charge on any atom is -0.296 e. The molecule has 4 nitrogen and oxygen atoms in total. The van der Waals surface area contributed by atoms with Gasteiger partial charge < -0.3 is 0 Å². The van der Waals surface area contributed by atoms with Gasteiger partial charge in [0.15, 0.2) is 6.29 Å². The molecule has 0 bridgehead atoms. The number of hydrogen-bond donors (Lipinski definition) is 0. The lowest BCUT2D eigenvalue weighted by Crippen LogP contribution is -1.99. The first-order valence-corrected chi connectivity index (χ1v) is 6.30. The Labute approximate surface area is 116 Å². The van der Waals surface area contributed by atoms with Crippen molar-refractivity contribution in [1.82, 2.24) is 14.8 Å². The van der Waals surface area contributed by atoms with E-state index in [0.29, 0.717) is 5.69 Å². The van der Waals surface area contributed by atoms with Crippen molar-refractivity contribution < 1.29 is 4.79 Å². The zero-order chi connectivity index (χ0) is 13.9. The Kier molecular flexibility index (Phi) is 3.13. The quantitative estimate of drug-likeness (QED) is 0.682. The Morgan fingerprint density at radius 3 is 2.60 bits per heavy atom. The molecular weight excluding hydrogens is 250 g/mol. The summed E-state index contributed by atoms with van der Waals surface area (Å²) < 4.78 is 1.76. The first-order valence-electron chi connectivity index (χ1n) is 6.30. The maximum absolute atomic E-state index is 11.0. The smallest absolute Gasteiger partial charge is 0.170 e. The predicted molar refractivity (Wildman–Crippen MR) is 76.9 cm³/mol. The Morgan fingerprint density at radius 1 is 1.15 bits per heavy atom. The van der Waals surface area contributed by atoms with Crippen LogP contribution >= 0.6 is 0 Å². The van der Waals surface area contributed by atoms with E-state index in [1.165, 1.54) is 5.56 Å². The van der Waals surface area contributed by atoms with Gasteiger partial charge in [0.25, 0.3) is 0 Å². The topological polar surface area (TPSA) is 47.8 Å². The molecule has 2 aromatic heterocycles. The minimum absolute atomic E-state index is 0.407. The molecule has 0 spiro atoms. The molecule has 0 aliphatic rings. The first kappa shape index (κ1) is 12.3. The summed E-state index contributed by atoms with van der Waals surface area (Å²) in [5, 5.41) is 4.33. The molecule has 3 rings (SSSR count). The zero-order valence-corrected chi connectivity index (χ0v) is 11.0. The third-order valence-electron chi connectivity index (χ3n) is 3.08. The fraction of sp³-hybridized carbons (Fsp3) is 0.0625.